The highest BCUT2D eigenvalue weighted by Crippen LogP contribution is 2.28. The van der Waals surface area contributed by atoms with Crippen LogP contribution in [0.25, 0.3) is 4.96 Å². The first-order valence-electron chi connectivity index (χ1n) is 7.71. The summed E-state index contributed by atoms with van der Waals surface area (Å²) in [6.45, 7) is 7.68. The number of rotatable bonds is 3. The number of hydrogen-bond donors (Lipinski definition) is 1. The summed E-state index contributed by atoms with van der Waals surface area (Å²) < 4.78 is 2.21. The van der Waals surface area contributed by atoms with E-state index in [1.807, 2.05) is 0 Å². The van der Waals surface area contributed by atoms with E-state index in [4.69, 9.17) is 10.7 Å². The molecule has 2 aromatic rings. The molecule has 0 saturated carbocycles. The van der Waals surface area contributed by atoms with Crippen molar-refractivity contribution in [2.24, 2.45) is 5.73 Å². The van der Waals surface area contributed by atoms with E-state index in [0.29, 0.717) is 6.04 Å². The van der Waals surface area contributed by atoms with Gasteiger partial charge in [0.25, 0.3) is 0 Å². The zero-order valence-corrected chi connectivity index (χ0v) is 13.9. The molecule has 21 heavy (non-hydrogen) atoms. The van der Waals surface area contributed by atoms with Crippen molar-refractivity contribution in [3.05, 3.63) is 17.3 Å². The second-order valence-corrected chi connectivity index (χ2v) is 7.15. The van der Waals surface area contributed by atoms with Crippen LogP contribution in [0.15, 0.2) is 11.6 Å². The van der Waals surface area contributed by atoms with E-state index in [-0.39, 0.29) is 6.04 Å². The van der Waals surface area contributed by atoms with Gasteiger partial charge in [-0.05, 0) is 33.9 Å². The molecule has 1 aliphatic rings. The van der Waals surface area contributed by atoms with Gasteiger partial charge in [-0.1, -0.05) is 0 Å². The SMILES string of the molecule is CC(N)Cc1c(N2CCCN(C)CC2C)nc2sccn12. The normalized spacial score (nSPS) is 22.7. The summed E-state index contributed by atoms with van der Waals surface area (Å²) in [6, 6.07) is 0.627. The van der Waals surface area contributed by atoms with Crippen molar-refractivity contribution in [2.45, 2.75) is 38.8 Å². The number of nitrogens with zero attached hydrogens (tertiary/aromatic N) is 4. The lowest BCUT2D eigenvalue weighted by Crippen LogP contribution is -2.39. The van der Waals surface area contributed by atoms with Crippen LogP contribution in [0.4, 0.5) is 5.82 Å². The summed E-state index contributed by atoms with van der Waals surface area (Å²) in [5.41, 5.74) is 7.33. The summed E-state index contributed by atoms with van der Waals surface area (Å²) in [5, 5.41) is 2.09. The average molecular weight is 307 g/mol. The third-order valence-electron chi connectivity index (χ3n) is 4.17. The molecule has 0 amide bonds. The highest BCUT2D eigenvalue weighted by molar-refractivity contribution is 7.15. The minimum absolute atomic E-state index is 0.147. The molecule has 6 heteroatoms. The van der Waals surface area contributed by atoms with Crippen molar-refractivity contribution in [2.75, 3.05) is 31.6 Å². The number of thiazole rings is 1. The molecule has 0 aliphatic carbocycles. The number of fused-ring (bicyclic) bond motifs is 1. The molecule has 116 valence electrons. The Labute approximate surface area is 130 Å². The molecule has 5 nitrogen and oxygen atoms in total. The van der Waals surface area contributed by atoms with Gasteiger partial charge < -0.3 is 15.5 Å². The molecule has 2 N–H and O–H groups in total. The maximum absolute atomic E-state index is 6.06. The maximum atomic E-state index is 6.06. The van der Waals surface area contributed by atoms with Gasteiger partial charge in [0.05, 0.1) is 5.69 Å². The monoisotopic (exact) mass is 307 g/mol. The standard InChI is InChI=1S/C15H25N5S/c1-11(16)9-13-14(17-15-20(13)7-8-21-15)19-6-4-5-18(3)10-12(19)2/h7-8,11-12H,4-6,9-10,16H2,1-3H3. The fourth-order valence-corrected chi connectivity index (χ4v) is 3.96. The summed E-state index contributed by atoms with van der Waals surface area (Å²) >= 11 is 1.69. The third-order valence-corrected chi connectivity index (χ3v) is 4.93. The molecule has 1 saturated heterocycles. The number of aromatic nitrogens is 2. The van der Waals surface area contributed by atoms with Crippen LogP contribution in [0.1, 0.15) is 26.0 Å². The topological polar surface area (TPSA) is 49.8 Å². The van der Waals surface area contributed by atoms with Crippen molar-refractivity contribution in [1.82, 2.24) is 14.3 Å². The van der Waals surface area contributed by atoms with Gasteiger partial charge >= 0.3 is 0 Å². The predicted molar refractivity (Wildman–Crippen MR) is 89.3 cm³/mol. The van der Waals surface area contributed by atoms with Gasteiger partial charge in [-0.25, -0.2) is 4.98 Å². The van der Waals surface area contributed by atoms with Crippen LogP contribution in [0, 0.1) is 0 Å². The Morgan fingerprint density at radius 3 is 3.05 bits per heavy atom. The van der Waals surface area contributed by atoms with Gasteiger partial charge in [-0.15, -0.1) is 11.3 Å². The molecule has 0 bridgehead atoms. The van der Waals surface area contributed by atoms with Gasteiger partial charge in [-0.2, -0.15) is 0 Å². The van der Waals surface area contributed by atoms with Crippen molar-refractivity contribution in [3.63, 3.8) is 0 Å². The van der Waals surface area contributed by atoms with Gasteiger partial charge in [0.15, 0.2) is 10.8 Å². The molecule has 3 rings (SSSR count). The van der Waals surface area contributed by atoms with Crippen LogP contribution in [0.5, 0.6) is 0 Å². The number of likely N-dealkylation sites (N-methyl/N-ethyl adjacent to an activating group) is 1. The summed E-state index contributed by atoms with van der Waals surface area (Å²) in [4.78, 5) is 10.9. The van der Waals surface area contributed by atoms with E-state index in [1.54, 1.807) is 11.3 Å². The van der Waals surface area contributed by atoms with Crippen LogP contribution in [-0.2, 0) is 6.42 Å². The molecule has 3 heterocycles. The van der Waals surface area contributed by atoms with E-state index < -0.39 is 0 Å². The van der Waals surface area contributed by atoms with E-state index >= 15 is 0 Å². The smallest absolute Gasteiger partial charge is 0.195 e. The first-order chi connectivity index (χ1) is 10.1. The van der Waals surface area contributed by atoms with Crippen LogP contribution in [0.2, 0.25) is 0 Å². The van der Waals surface area contributed by atoms with E-state index in [1.165, 1.54) is 12.1 Å². The molecular formula is C15H25N5S. The maximum Gasteiger partial charge on any atom is 0.195 e. The first-order valence-corrected chi connectivity index (χ1v) is 8.59. The fraction of sp³-hybridized carbons (Fsp3) is 0.667. The molecule has 0 spiro atoms. The highest BCUT2D eigenvalue weighted by Gasteiger charge is 2.26. The van der Waals surface area contributed by atoms with Gasteiger partial charge in [-0.3, -0.25) is 4.40 Å². The summed E-state index contributed by atoms with van der Waals surface area (Å²) in [7, 11) is 2.20. The molecule has 1 fully saturated rings. The Hall–Kier alpha value is -1.11. The van der Waals surface area contributed by atoms with Crippen LogP contribution < -0.4 is 10.6 Å². The van der Waals surface area contributed by atoms with Crippen LogP contribution >= 0.6 is 11.3 Å². The Morgan fingerprint density at radius 2 is 2.29 bits per heavy atom. The molecule has 1 aliphatic heterocycles. The molecular weight excluding hydrogens is 282 g/mol. The minimum Gasteiger partial charge on any atom is -0.351 e. The van der Waals surface area contributed by atoms with Crippen molar-refractivity contribution in [1.29, 1.82) is 0 Å². The second kappa shape index (κ2) is 5.94. The van der Waals surface area contributed by atoms with E-state index in [9.17, 15) is 0 Å². The lowest BCUT2D eigenvalue weighted by molar-refractivity contribution is 0.337. The van der Waals surface area contributed by atoms with Crippen molar-refractivity contribution in [3.8, 4) is 0 Å². The Balaban J connectivity index is 1.99. The zero-order valence-electron chi connectivity index (χ0n) is 13.1. The number of anilines is 1. The molecule has 2 unspecified atom stereocenters. The molecule has 0 radical (unpaired) electrons. The van der Waals surface area contributed by atoms with Crippen LogP contribution in [-0.4, -0.2) is 53.1 Å². The largest absolute Gasteiger partial charge is 0.351 e. The number of imidazole rings is 1. The number of hydrogen-bond acceptors (Lipinski definition) is 5. The highest BCUT2D eigenvalue weighted by atomic mass is 32.1. The lowest BCUT2D eigenvalue weighted by atomic mass is 10.1. The van der Waals surface area contributed by atoms with Crippen molar-refractivity contribution < 1.29 is 0 Å². The average Bonchev–Trinajstić information content (AvgIpc) is 2.92. The second-order valence-electron chi connectivity index (χ2n) is 6.28. The first kappa shape index (κ1) is 14.8. The summed E-state index contributed by atoms with van der Waals surface area (Å²) in [5.74, 6) is 1.14. The third kappa shape index (κ3) is 2.93. The van der Waals surface area contributed by atoms with E-state index in [2.05, 4.69) is 46.7 Å². The Bertz CT molecular complexity index is 602. The van der Waals surface area contributed by atoms with Crippen LogP contribution in [0.3, 0.4) is 0 Å². The van der Waals surface area contributed by atoms with Gasteiger partial charge in [0, 0.05) is 43.2 Å². The molecule has 2 aromatic heterocycles. The minimum atomic E-state index is 0.147. The van der Waals surface area contributed by atoms with E-state index in [0.717, 1.165) is 36.8 Å². The lowest BCUT2D eigenvalue weighted by Gasteiger charge is -2.29. The quantitative estimate of drug-likeness (QED) is 0.940. The Kier molecular flexibility index (Phi) is 4.19. The summed E-state index contributed by atoms with van der Waals surface area (Å²) in [6.07, 6.45) is 4.17. The molecule has 0 aromatic carbocycles. The van der Waals surface area contributed by atoms with Gasteiger partial charge in [0.2, 0.25) is 0 Å². The number of nitrogens with two attached hydrogens (primary N) is 1. The van der Waals surface area contributed by atoms with Crippen molar-refractivity contribution >= 4 is 22.1 Å². The van der Waals surface area contributed by atoms with Gasteiger partial charge in [0.1, 0.15) is 0 Å². The molecule has 2 atom stereocenters. The predicted octanol–water partition coefficient (Wildman–Crippen LogP) is 1.82. The fourth-order valence-electron chi connectivity index (χ4n) is 3.23. The zero-order chi connectivity index (χ0) is 15.0. The Morgan fingerprint density at radius 1 is 1.48 bits per heavy atom.